The average Bonchev–Trinajstić information content (AvgIpc) is 3.14. The Hall–Kier alpha value is -0.0400. The lowest BCUT2D eigenvalue weighted by Gasteiger charge is -2.17. The Morgan fingerprint density at radius 1 is 0.216 bits per heavy atom. The van der Waals surface area contributed by atoms with E-state index in [9.17, 15) is 0 Å². The molecule has 51 heavy (non-hydrogen) atoms. The van der Waals surface area contributed by atoms with E-state index >= 15 is 0 Å². The molecule has 2 N–H and O–H groups in total. The summed E-state index contributed by atoms with van der Waals surface area (Å²) in [5, 5.41) is 0. The molecule has 0 saturated heterocycles. The number of hydrogen-bond acceptors (Lipinski definition) is 1. The summed E-state index contributed by atoms with van der Waals surface area (Å²) in [6, 6.07) is 0. The Morgan fingerprint density at radius 3 is 0.549 bits per heavy atom. The average molecular weight is 718 g/mol. The Morgan fingerprint density at radius 2 is 0.373 bits per heavy atom. The largest absolute Gasteiger partial charge is 0.330 e. The van der Waals surface area contributed by atoms with E-state index in [0.29, 0.717) is 0 Å². The van der Waals surface area contributed by atoms with Gasteiger partial charge >= 0.3 is 0 Å². The smallest absolute Gasteiger partial charge is 0.00773 e. The van der Waals surface area contributed by atoms with Crippen LogP contribution in [0, 0.1) is 5.92 Å². The SMILES string of the molecule is CCCCCCCCCCCCCCCCC(CCCCCCCCCCCCCCCC)CCCCCCCCCCCCCCCCCN. The third-order valence-corrected chi connectivity index (χ3v) is 12.2. The number of rotatable bonds is 47. The van der Waals surface area contributed by atoms with Crippen LogP contribution in [-0.2, 0) is 0 Å². The van der Waals surface area contributed by atoms with Gasteiger partial charge in [0.25, 0.3) is 0 Å². The molecule has 0 unspecified atom stereocenters. The van der Waals surface area contributed by atoms with Crippen LogP contribution in [0.3, 0.4) is 0 Å². The maximum atomic E-state index is 5.60. The topological polar surface area (TPSA) is 26.0 Å². The second-order valence-corrected chi connectivity index (χ2v) is 17.5. The first kappa shape index (κ1) is 51.0. The summed E-state index contributed by atoms with van der Waals surface area (Å²) in [4.78, 5) is 0. The van der Waals surface area contributed by atoms with Crippen molar-refractivity contribution in [1.82, 2.24) is 0 Å². The second kappa shape index (κ2) is 48.0. The van der Waals surface area contributed by atoms with Crippen LogP contribution in [0.5, 0.6) is 0 Å². The molecule has 0 atom stereocenters. The molecule has 0 aromatic heterocycles. The number of nitrogens with two attached hydrogens (primary N) is 1. The quantitative estimate of drug-likeness (QED) is 0.0623. The first-order valence-electron chi connectivity index (χ1n) is 25.0. The minimum atomic E-state index is 0.875. The first-order valence-corrected chi connectivity index (χ1v) is 25.0. The van der Waals surface area contributed by atoms with Gasteiger partial charge in [-0.15, -0.1) is 0 Å². The fourth-order valence-electron chi connectivity index (χ4n) is 8.56. The van der Waals surface area contributed by atoms with Crippen LogP contribution in [0.4, 0.5) is 0 Å². The van der Waals surface area contributed by atoms with Crippen molar-refractivity contribution in [3.05, 3.63) is 0 Å². The fourth-order valence-corrected chi connectivity index (χ4v) is 8.56. The van der Waals surface area contributed by atoms with E-state index in [-0.39, 0.29) is 0 Å². The molecule has 0 aliphatic carbocycles. The van der Waals surface area contributed by atoms with Crippen LogP contribution in [0.1, 0.15) is 309 Å². The fraction of sp³-hybridized carbons (Fsp3) is 1.00. The molecule has 0 radical (unpaired) electrons. The maximum Gasteiger partial charge on any atom is -0.00773 e. The molecule has 0 amide bonds. The Balaban J connectivity index is 3.93. The van der Waals surface area contributed by atoms with Gasteiger partial charge in [-0.2, -0.15) is 0 Å². The monoisotopic (exact) mass is 718 g/mol. The van der Waals surface area contributed by atoms with E-state index in [4.69, 9.17) is 5.73 Å². The lowest BCUT2D eigenvalue weighted by Crippen LogP contribution is -2.01. The lowest BCUT2D eigenvalue weighted by molar-refractivity contribution is 0.365. The normalized spacial score (nSPS) is 11.8. The molecule has 308 valence electrons. The van der Waals surface area contributed by atoms with E-state index in [0.717, 1.165) is 12.5 Å². The predicted molar refractivity (Wildman–Crippen MR) is 236 cm³/mol. The van der Waals surface area contributed by atoms with E-state index < -0.39 is 0 Å². The van der Waals surface area contributed by atoms with Crippen molar-refractivity contribution in [2.24, 2.45) is 11.7 Å². The molecule has 0 aliphatic heterocycles. The van der Waals surface area contributed by atoms with Gasteiger partial charge in [-0.1, -0.05) is 303 Å². The molecule has 0 aromatic carbocycles. The lowest BCUT2D eigenvalue weighted by atomic mass is 9.89. The Labute approximate surface area is 326 Å². The van der Waals surface area contributed by atoms with Gasteiger partial charge in [-0.05, 0) is 18.9 Å². The summed E-state index contributed by atoms with van der Waals surface area (Å²) in [6.45, 7) is 5.51. The van der Waals surface area contributed by atoms with Gasteiger partial charge in [0.05, 0.1) is 0 Å². The van der Waals surface area contributed by atoms with Gasteiger partial charge < -0.3 is 5.73 Å². The van der Waals surface area contributed by atoms with Crippen molar-refractivity contribution in [2.75, 3.05) is 6.54 Å². The standard InChI is InChI=1S/C50H103N/c1-3-5-7-9-11-13-15-17-22-26-30-34-38-42-46-50(47-43-39-35-31-27-23-18-16-14-12-10-8-6-4-2)48-44-40-36-32-28-24-20-19-21-25-29-33-37-41-45-49-51/h50H,3-49,51H2,1-2H3. The molecule has 0 rings (SSSR count). The molecule has 0 heterocycles. The first-order chi connectivity index (χ1) is 25.3. The summed E-state index contributed by atoms with van der Waals surface area (Å²) < 4.78 is 0. The van der Waals surface area contributed by atoms with E-state index in [1.54, 1.807) is 0 Å². The molecule has 1 nitrogen and oxygen atoms in total. The van der Waals surface area contributed by atoms with Crippen molar-refractivity contribution in [3.63, 3.8) is 0 Å². The Kier molecular flexibility index (Phi) is 47.9. The van der Waals surface area contributed by atoms with Crippen LogP contribution >= 0.6 is 0 Å². The van der Waals surface area contributed by atoms with Crippen molar-refractivity contribution in [1.29, 1.82) is 0 Å². The van der Waals surface area contributed by atoms with Crippen LogP contribution in [-0.4, -0.2) is 6.54 Å². The van der Waals surface area contributed by atoms with Crippen LogP contribution in [0.25, 0.3) is 0 Å². The highest BCUT2D eigenvalue weighted by molar-refractivity contribution is 4.63. The van der Waals surface area contributed by atoms with Crippen molar-refractivity contribution in [2.45, 2.75) is 309 Å². The minimum absolute atomic E-state index is 0.875. The highest BCUT2D eigenvalue weighted by Gasteiger charge is 2.09. The summed E-state index contributed by atoms with van der Waals surface area (Å²) >= 11 is 0. The summed E-state index contributed by atoms with van der Waals surface area (Å²) in [6.07, 6.45) is 67.7. The molecule has 1 heteroatoms. The van der Waals surface area contributed by atoms with E-state index in [1.807, 2.05) is 0 Å². The summed E-state index contributed by atoms with van der Waals surface area (Å²) in [7, 11) is 0. The van der Waals surface area contributed by atoms with Crippen molar-refractivity contribution >= 4 is 0 Å². The van der Waals surface area contributed by atoms with Crippen LogP contribution < -0.4 is 5.73 Å². The van der Waals surface area contributed by atoms with Gasteiger partial charge in [-0.25, -0.2) is 0 Å². The molecule has 0 bridgehead atoms. The molecule has 0 aromatic rings. The maximum absolute atomic E-state index is 5.60. The van der Waals surface area contributed by atoms with Crippen LogP contribution in [0.15, 0.2) is 0 Å². The molecule has 0 aliphatic rings. The summed E-state index contributed by atoms with van der Waals surface area (Å²) in [5.41, 5.74) is 5.60. The predicted octanol–water partition coefficient (Wildman–Crippen LogP) is 18.5. The van der Waals surface area contributed by atoms with E-state index in [2.05, 4.69) is 13.8 Å². The number of hydrogen-bond donors (Lipinski definition) is 1. The number of unbranched alkanes of at least 4 members (excludes halogenated alkanes) is 40. The molecular weight excluding hydrogens is 615 g/mol. The highest BCUT2D eigenvalue weighted by Crippen LogP contribution is 2.25. The molecule has 0 fully saturated rings. The van der Waals surface area contributed by atoms with Gasteiger partial charge in [0, 0.05) is 0 Å². The third kappa shape index (κ3) is 46.0. The highest BCUT2D eigenvalue weighted by atomic mass is 14.5. The van der Waals surface area contributed by atoms with Gasteiger partial charge in [-0.3, -0.25) is 0 Å². The van der Waals surface area contributed by atoms with Gasteiger partial charge in [0.1, 0.15) is 0 Å². The summed E-state index contributed by atoms with van der Waals surface area (Å²) in [5.74, 6) is 1.03. The molecule has 0 saturated carbocycles. The Bertz CT molecular complexity index is 539. The second-order valence-electron chi connectivity index (χ2n) is 17.5. The van der Waals surface area contributed by atoms with Gasteiger partial charge in [0.2, 0.25) is 0 Å². The zero-order valence-electron chi connectivity index (χ0n) is 36.4. The zero-order valence-corrected chi connectivity index (χ0v) is 36.4. The molecular formula is C50H103N. The third-order valence-electron chi connectivity index (χ3n) is 12.2. The van der Waals surface area contributed by atoms with Gasteiger partial charge in [0.15, 0.2) is 0 Å². The van der Waals surface area contributed by atoms with Crippen LogP contribution in [0.2, 0.25) is 0 Å². The van der Waals surface area contributed by atoms with E-state index in [1.165, 1.54) is 295 Å². The van der Waals surface area contributed by atoms with Crippen molar-refractivity contribution < 1.29 is 0 Å². The molecule has 0 spiro atoms. The minimum Gasteiger partial charge on any atom is -0.330 e. The van der Waals surface area contributed by atoms with Crippen molar-refractivity contribution in [3.8, 4) is 0 Å². The zero-order chi connectivity index (χ0) is 36.8.